The van der Waals surface area contributed by atoms with Crippen LogP contribution in [0.3, 0.4) is 0 Å². The molecule has 1 aliphatic carbocycles. The summed E-state index contributed by atoms with van der Waals surface area (Å²) in [5.41, 5.74) is 3.61. The van der Waals surface area contributed by atoms with Crippen molar-refractivity contribution in [3.63, 3.8) is 0 Å². The van der Waals surface area contributed by atoms with E-state index in [1.54, 1.807) is 11.8 Å². The third kappa shape index (κ3) is 3.15. The predicted octanol–water partition coefficient (Wildman–Crippen LogP) is 4.61. The third-order valence-electron chi connectivity index (χ3n) is 3.54. The van der Waals surface area contributed by atoms with Crippen molar-refractivity contribution in [1.82, 2.24) is 9.97 Å². The first-order valence-electron chi connectivity index (χ1n) is 6.96. The standard InChI is InChI=1S/C16H17ClN2S/c1-11-5-4-6-12(9-11)20-10-15-18-14-8-3-2-7-13(14)16(17)19-15/h4-6,9H,2-3,7-8,10H2,1H3. The molecule has 1 aromatic heterocycles. The van der Waals surface area contributed by atoms with E-state index in [1.165, 1.54) is 28.9 Å². The Bertz CT molecular complexity index is 628. The average molecular weight is 305 g/mol. The minimum atomic E-state index is 0.662. The highest BCUT2D eigenvalue weighted by molar-refractivity contribution is 7.98. The Balaban J connectivity index is 1.76. The molecule has 4 heteroatoms. The summed E-state index contributed by atoms with van der Waals surface area (Å²) < 4.78 is 0. The molecule has 2 aromatic rings. The van der Waals surface area contributed by atoms with E-state index in [1.807, 2.05) is 0 Å². The van der Waals surface area contributed by atoms with Crippen LogP contribution in [-0.4, -0.2) is 9.97 Å². The molecule has 1 aromatic carbocycles. The van der Waals surface area contributed by atoms with Crippen LogP contribution in [-0.2, 0) is 18.6 Å². The number of fused-ring (bicyclic) bond motifs is 1. The van der Waals surface area contributed by atoms with E-state index < -0.39 is 0 Å². The van der Waals surface area contributed by atoms with Crippen molar-refractivity contribution in [2.45, 2.75) is 43.3 Å². The second-order valence-electron chi connectivity index (χ2n) is 5.17. The van der Waals surface area contributed by atoms with Crippen LogP contribution in [0.25, 0.3) is 0 Å². The second-order valence-corrected chi connectivity index (χ2v) is 6.57. The number of aromatic nitrogens is 2. The minimum absolute atomic E-state index is 0.662. The van der Waals surface area contributed by atoms with Crippen molar-refractivity contribution in [1.29, 1.82) is 0 Å². The molecule has 0 saturated carbocycles. The summed E-state index contributed by atoms with van der Waals surface area (Å²) >= 11 is 8.06. The molecule has 104 valence electrons. The zero-order valence-corrected chi connectivity index (χ0v) is 13.1. The number of rotatable bonds is 3. The first kappa shape index (κ1) is 13.9. The van der Waals surface area contributed by atoms with E-state index in [2.05, 4.69) is 36.2 Å². The minimum Gasteiger partial charge on any atom is -0.237 e. The number of thioether (sulfide) groups is 1. The lowest BCUT2D eigenvalue weighted by atomic mass is 9.97. The van der Waals surface area contributed by atoms with Crippen molar-refractivity contribution in [3.8, 4) is 0 Å². The van der Waals surface area contributed by atoms with Gasteiger partial charge in [0.2, 0.25) is 0 Å². The van der Waals surface area contributed by atoms with Crippen LogP contribution in [0.1, 0.15) is 35.5 Å². The summed E-state index contributed by atoms with van der Waals surface area (Å²) in [7, 11) is 0. The molecule has 0 atom stereocenters. The Labute approximate surface area is 129 Å². The number of hydrogen-bond acceptors (Lipinski definition) is 3. The van der Waals surface area contributed by atoms with E-state index in [0.29, 0.717) is 5.15 Å². The number of hydrogen-bond donors (Lipinski definition) is 0. The van der Waals surface area contributed by atoms with Gasteiger partial charge in [-0.05, 0) is 44.7 Å². The molecule has 2 nitrogen and oxygen atoms in total. The SMILES string of the molecule is Cc1cccc(SCc2nc(Cl)c3c(n2)CCCC3)c1. The van der Waals surface area contributed by atoms with Gasteiger partial charge in [-0.15, -0.1) is 11.8 Å². The molecule has 0 unspecified atom stereocenters. The molecular weight excluding hydrogens is 288 g/mol. The van der Waals surface area contributed by atoms with Gasteiger partial charge in [-0.25, -0.2) is 9.97 Å². The third-order valence-corrected chi connectivity index (χ3v) is 4.84. The van der Waals surface area contributed by atoms with Crippen molar-refractivity contribution in [3.05, 3.63) is 52.1 Å². The molecular formula is C16H17ClN2S. The van der Waals surface area contributed by atoms with Gasteiger partial charge < -0.3 is 0 Å². The first-order valence-corrected chi connectivity index (χ1v) is 8.32. The average Bonchev–Trinajstić information content (AvgIpc) is 2.45. The molecule has 0 N–H and O–H groups in total. The Morgan fingerprint density at radius 1 is 1.20 bits per heavy atom. The van der Waals surface area contributed by atoms with Crippen molar-refractivity contribution >= 4 is 23.4 Å². The molecule has 1 aliphatic rings. The molecule has 3 rings (SSSR count). The Hall–Kier alpha value is -1.06. The summed E-state index contributed by atoms with van der Waals surface area (Å²) in [4.78, 5) is 10.4. The van der Waals surface area contributed by atoms with Crippen LogP contribution in [0.5, 0.6) is 0 Å². The van der Waals surface area contributed by atoms with Crippen LogP contribution >= 0.6 is 23.4 Å². The number of halogens is 1. The Kier molecular flexibility index (Phi) is 4.27. The predicted molar refractivity (Wildman–Crippen MR) is 84.4 cm³/mol. The summed E-state index contributed by atoms with van der Waals surface area (Å²) in [6.45, 7) is 2.11. The topological polar surface area (TPSA) is 25.8 Å². The van der Waals surface area contributed by atoms with Gasteiger partial charge in [0.1, 0.15) is 11.0 Å². The van der Waals surface area contributed by atoms with Crippen LogP contribution in [0.15, 0.2) is 29.2 Å². The Morgan fingerprint density at radius 2 is 2.05 bits per heavy atom. The number of aryl methyl sites for hydroxylation is 2. The fourth-order valence-electron chi connectivity index (χ4n) is 2.51. The molecule has 0 radical (unpaired) electrons. The lowest BCUT2D eigenvalue weighted by Gasteiger charge is -2.16. The van der Waals surface area contributed by atoms with E-state index in [-0.39, 0.29) is 0 Å². The maximum Gasteiger partial charge on any atom is 0.140 e. The van der Waals surface area contributed by atoms with Crippen molar-refractivity contribution in [2.75, 3.05) is 0 Å². The molecule has 0 amide bonds. The molecule has 1 heterocycles. The van der Waals surface area contributed by atoms with Crippen LogP contribution in [0.4, 0.5) is 0 Å². The van der Waals surface area contributed by atoms with Gasteiger partial charge in [-0.1, -0.05) is 29.3 Å². The van der Waals surface area contributed by atoms with E-state index in [4.69, 9.17) is 16.6 Å². The van der Waals surface area contributed by atoms with Gasteiger partial charge in [0.15, 0.2) is 0 Å². The lowest BCUT2D eigenvalue weighted by molar-refractivity contribution is 0.657. The first-order chi connectivity index (χ1) is 9.72. The molecule has 20 heavy (non-hydrogen) atoms. The van der Waals surface area contributed by atoms with E-state index in [9.17, 15) is 0 Å². The van der Waals surface area contributed by atoms with Gasteiger partial charge in [0.05, 0.1) is 5.75 Å². The highest BCUT2D eigenvalue weighted by Gasteiger charge is 2.16. The molecule has 0 spiro atoms. The largest absolute Gasteiger partial charge is 0.237 e. The van der Waals surface area contributed by atoms with Crippen molar-refractivity contribution < 1.29 is 0 Å². The quantitative estimate of drug-likeness (QED) is 0.612. The second kappa shape index (κ2) is 6.15. The van der Waals surface area contributed by atoms with Gasteiger partial charge in [-0.3, -0.25) is 0 Å². The summed E-state index contributed by atoms with van der Waals surface area (Å²) in [5.74, 6) is 1.62. The summed E-state index contributed by atoms with van der Waals surface area (Å²) in [5, 5.41) is 0.662. The van der Waals surface area contributed by atoms with Crippen LogP contribution in [0, 0.1) is 6.92 Å². The highest BCUT2D eigenvalue weighted by Crippen LogP contribution is 2.27. The van der Waals surface area contributed by atoms with Gasteiger partial charge in [-0.2, -0.15) is 0 Å². The fourth-order valence-corrected chi connectivity index (χ4v) is 3.68. The maximum absolute atomic E-state index is 6.29. The number of nitrogens with zero attached hydrogens (tertiary/aromatic N) is 2. The van der Waals surface area contributed by atoms with E-state index >= 15 is 0 Å². The molecule has 0 aliphatic heterocycles. The summed E-state index contributed by atoms with van der Waals surface area (Å²) in [6, 6.07) is 8.50. The zero-order chi connectivity index (χ0) is 13.9. The molecule has 0 bridgehead atoms. The highest BCUT2D eigenvalue weighted by atomic mass is 35.5. The molecule has 0 saturated heterocycles. The van der Waals surface area contributed by atoms with Crippen LogP contribution < -0.4 is 0 Å². The van der Waals surface area contributed by atoms with Crippen molar-refractivity contribution in [2.24, 2.45) is 0 Å². The van der Waals surface area contributed by atoms with Gasteiger partial charge >= 0.3 is 0 Å². The number of benzene rings is 1. The van der Waals surface area contributed by atoms with Gasteiger partial charge in [0.25, 0.3) is 0 Å². The zero-order valence-electron chi connectivity index (χ0n) is 11.5. The van der Waals surface area contributed by atoms with Gasteiger partial charge in [0, 0.05) is 16.2 Å². The fraction of sp³-hybridized carbons (Fsp3) is 0.375. The molecule has 0 fully saturated rings. The maximum atomic E-state index is 6.29. The van der Waals surface area contributed by atoms with E-state index in [0.717, 1.165) is 30.1 Å². The lowest BCUT2D eigenvalue weighted by Crippen LogP contribution is -2.10. The van der Waals surface area contributed by atoms with Crippen LogP contribution in [0.2, 0.25) is 5.15 Å². The summed E-state index contributed by atoms with van der Waals surface area (Å²) in [6.07, 6.45) is 4.48. The monoisotopic (exact) mass is 304 g/mol. The Morgan fingerprint density at radius 3 is 2.90 bits per heavy atom. The normalized spacial score (nSPS) is 14.1. The smallest absolute Gasteiger partial charge is 0.140 e.